The van der Waals surface area contributed by atoms with Gasteiger partial charge in [0.1, 0.15) is 3.70 Å². The second-order valence-electron chi connectivity index (χ2n) is 3.59. The fourth-order valence-corrected chi connectivity index (χ4v) is 1.90. The predicted molar refractivity (Wildman–Crippen MR) is 68.7 cm³/mol. The Hall–Kier alpha value is -1.06. The van der Waals surface area contributed by atoms with Gasteiger partial charge >= 0.3 is 12.3 Å². The first kappa shape index (κ1) is 16.0. The number of alkyl halides is 3. The molecule has 0 unspecified atom stereocenters. The van der Waals surface area contributed by atoms with Crippen LogP contribution in [0.4, 0.5) is 13.2 Å². The summed E-state index contributed by atoms with van der Waals surface area (Å²) in [5, 5.41) is 0. The van der Waals surface area contributed by atoms with E-state index in [0.717, 1.165) is 0 Å². The highest BCUT2D eigenvalue weighted by Gasteiger charge is 2.32. The number of esters is 1. The molecule has 0 spiro atoms. The van der Waals surface area contributed by atoms with Crippen LogP contribution in [0.1, 0.15) is 18.1 Å². The van der Waals surface area contributed by atoms with Gasteiger partial charge in [0.05, 0.1) is 13.0 Å². The van der Waals surface area contributed by atoms with Crippen molar-refractivity contribution < 1.29 is 27.4 Å². The predicted octanol–water partition coefficient (Wildman–Crippen LogP) is 3.00. The fourth-order valence-electron chi connectivity index (χ4n) is 1.34. The Labute approximate surface area is 121 Å². The number of rotatable bonds is 4. The molecule has 4 nitrogen and oxygen atoms in total. The highest BCUT2D eigenvalue weighted by atomic mass is 127. The lowest BCUT2D eigenvalue weighted by molar-refractivity contribution is -0.276. The molecule has 0 aliphatic heterocycles. The molecule has 19 heavy (non-hydrogen) atoms. The van der Waals surface area contributed by atoms with Gasteiger partial charge in [-0.2, -0.15) is 0 Å². The zero-order valence-electron chi connectivity index (χ0n) is 10.2. The second kappa shape index (κ2) is 6.40. The van der Waals surface area contributed by atoms with Crippen molar-refractivity contribution in [3.63, 3.8) is 0 Å². The molecule has 0 bridgehead atoms. The first-order valence-corrected chi connectivity index (χ1v) is 6.38. The van der Waals surface area contributed by atoms with Crippen molar-refractivity contribution in [1.29, 1.82) is 0 Å². The fraction of sp³-hybridized carbons (Fsp3) is 0.455. The van der Waals surface area contributed by atoms with Crippen LogP contribution in [0.5, 0.6) is 5.88 Å². The van der Waals surface area contributed by atoms with Crippen molar-refractivity contribution in [3.8, 4) is 5.88 Å². The first-order valence-electron chi connectivity index (χ1n) is 5.30. The monoisotopic (exact) mass is 389 g/mol. The average Bonchev–Trinajstić information content (AvgIpc) is 2.23. The van der Waals surface area contributed by atoms with Gasteiger partial charge in [-0.05, 0) is 48.1 Å². The molecule has 0 atom stereocenters. The van der Waals surface area contributed by atoms with Crippen LogP contribution in [0.3, 0.4) is 0 Å². The van der Waals surface area contributed by atoms with E-state index in [1.54, 1.807) is 29.5 Å². The van der Waals surface area contributed by atoms with E-state index in [9.17, 15) is 18.0 Å². The molecular weight excluding hydrogens is 378 g/mol. The Morgan fingerprint density at radius 2 is 2.11 bits per heavy atom. The third kappa shape index (κ3) is 5.21. The highest BCUT2D eigenvalue weighted by Crippen LogP contribution is 2.26. The third-order valence-corrected chi connectivity index (χ3v) is 2.98. The third-order valence-electron chi connectivity index (χ3n) is 2.05. The van der Waals surface area contributed by atoms with E-state index in [1.807, 2.05) is 0 Å². The molecule has 106 valence electrons. The van der Waals surface area contributed by atoms with Crippen molar-refractivity contribution in [2.45, 2.75) is 26.6 Å². The lowest BCUT2D eigenvalue weighted by Crippen LogP contribution is -2.19. The zero-order valence-corrected chi connectivity index (χ0v) is 12.3. The van der Waals surface area contributed by atoms with Gasteiger partial charge in [0.15, 0.2) is 0 Å². The number of carbonyl (C=O) groups is 1. The maximum absolute atomic E-state index is 12.1. The molecular formula is C11H11F3INO3. The Morgan fingerprint density at radius 3 is 2.63 bits per heavy atom. The molecule has 0 aliphatic carbocycles. The Bertz CT molecular complexity index is 477. The quantitative estimate of drug-likeness (QED) is 0.452. The van der Waals surface area contributed by atoms with E-state index >= 15 is 0 Å². The van der Waals surface area contributed by atoms with Crippen LogP contribution >= 0.6 is 22.6 Å². The lowest BCUT2D eigenvalue weighted by atomic mass is 10.1. The van der Waals surface area contributed by atoms with Gasteiger partial charge in [0, 0.05) is 5.56 Å². The molecule has 1 aromatic rings. The van der Waals surface area contributed by atoms with Crippen LogP contribution in [-0.2, 0) is 16.0 Å². The molecule has 0 aliphatic rings. The molecule has 0 fully saturated rings. The number of nitrogens with zero attached hydrogens (tertiary/aromatic N) is 1. The van der Waals surface area contributed by atoms with Crippen LogP contribution in [0.2, 0.25) is 0 Å². The molecule has 0 aromatic carbocycles. The summed E-state index contributed by atoms with van der Waals surface area (Å²) >= 11 is 1.75. The van der Waals surface area contributed by atoms with Crippen LogP contribution in [0, 0.1) is 10.6 Å². The number of ether oxygens (including phenoxy) is 2. The molecule has 8 heteroatoms. The molecule has 0 amide bonds. The topological polar surface area (TPSA) is 48.4 Å². The van der Waals surface area contributed by atoms with Crippen LogP contribution in [0.15, 0.2) is 6.07 Å². The minimum atomic E-state index is -4.79. The van der Waals surface area contributed by atoms with Gasteiger partial charge in [-0.25, -0.2) is 4.98 Å². The summed E-state index contributed by atoms with van der Waals surface area (Å²) in [6.45, 7) is 3.35. The van der Waals surface area contributed by atoms with E-state index in [1.165, 1.54) is 13.0 Å². The summed E-state index contributed by atoms with van der Waals surface area (Å²) in [6, 6.07) is 1.44. The van der Waals surface area contributed by atoms with Gasteiger partial charge in [0.2, 0.25) is 5.88 Å². The normalized spacial score (nSPS) is 11.3. The van der Waals surface area contributed by atoms with Crippen molar-refractivity contribution in [2.75, 3.05) is 6.61 Å². The number of carbonyl (C=O) groups excluding carboxylic acids is 1. The largest absolute Gasteiger partial charge is 0.574 e. The van der Waals surface area contributed by atoms with E-state index in [0.29, 0.717) is 5.56 Å². The standard InChI is InChI=1S/C11H11F3INO3/c1-3-18-8(17)5-7-4-6(2)10(16-9(7)15)19-11(12,13)14/h4H,3,5H2,1-2H3. The maximum atomic E-state index is 12.1. The van der Waals surface area contributed by atoms with Gasteiger partial charge in [-0.3, -0.25) is 4.79 Å². The number of hydrogen-bond donors (Lipinski definition) is 0. The van der Waals surface area contributed by atoms with Gasteiger partial charge in [-0.15, -0.1) is 13.2 Å². The molecule has 0 saturated carbocycles. The molecule has 1 aromatic heterocycles. The molecule has 0 saturated heterocycles. The van der Waals surface area contributed by atoms with Crippen molar-refractivity contribution in [3.05, 3.63) is 20.9 Å². The Kier molecular flexibility index (Phi) is 5.39. The van der Waals surface area contributed by atoms with E-state index in [-0.39, 0.29) is 22.3 Å². The number of halogens is 4. The second-order valence-corrected chi connectivity index (χ2v) is 4.61. The highest BCUT2D eigenvalue weighted by molar-refractivity contribution is 14.1. The van der Waals surface area contributed by atoms with Crippen molar-refractivity contribution >= 4 is 28.6 Å². The number of aromatic nitrogens is 1. The van der Waals surface area contributed by atoms with E-state index in [4.69, 9.17) is 4.74 Å². The van der Waals surface area contributed by atoms with Gasteiger partial charge in [0.25, 0.3) is 0 Å². The minimum absolute atomic E-state index is 0.0355. The van der Waals surface area contributed by atoms with E-state index < -0.39 is 18.2 Å². The summed E-state index contributed by atoms with van der Waals surface area (Å²) < 4.78 is 45.2. The number of hydrogen-bond acceptors (Lipinski definition) is 4. The van der Waals surface area contributed by atoms with Crippen molar-refractivity contribution in [2.24, 2.45) is 0 Å². The van der Waals surface area contributed by atoms with Crippen LogP contribution < -0.4 is 4.74 Å². The smallest absolute Gasteiger partial charge is 0.466 e. The summed E-state index contributed by atoms with van der Waals surface area (Å²) in [7, 11) is 0. The summed E-state index contributed by atoms with van der Waals surface area (Å²) in [5.74, 6) is -0.962. The average molecular weight is 389 g/mol. The number of pyridine rings is 1. The SMILES string of the molecule is CCOC(=O)Cc1cc(C)c(OC(F)(F)F)nc1I. The summed E-state index contributed by atoms with van der Waals surface area (Å²) in [5.41, 5.74) is 0.711. The van der Waals surface area contributed by atoms with Crippen molar-refractivity contribution in [1.82, 2.24) is 4.98 Å². The Morgan fingerprint density at radius 1 is 1.47 bits per heavy atom. The Balaban J connectivity index is 2.94. The molecule has 1 rings (SSSR count). The number of aryl methyl sites for hydroxylation is 1. The maximum Gasteiger partial charge on any atom is 0.574 e. The first-order chi connectivity index (χ1) is 8.73. The summed E-state index contributed by atoms with van der Waals surface area (Å²) in [6.07, 6.45) is -4.82. The van der Waals surface area contributed by atoms with Crippen LogP contribution in [-0.4, -0.2) is 23.9 Å². The minimum Gasteiger partial charge on any atom is -0.466 e. The summed E-state index contributed by atoms with van der Waals surface area (Å²) in [4.78, 5) is 15.0. The van der Waals surface area contributed by atoms with Gasteiger partial charge < -0.3 is 9.47 Å². The zero-order chi connectivity index (χ0) is 14.6. The molecule has 1 heterocycles. The molecule has 0 N–H and O–H groups in total. The van der Waals surface area contributed by atoms with Crippen LogP contribution in [0.25, 0.3) is 0 Å². The van der Waals surface area contributed by atoms with E-state index in [2.05, 4.69) is 9.72 Å². The van der Waals surface area contributed by atoms with Gasteiger partial charge in [-0.1, -0.05) is 0 Å². The molecule has 0 radical (unpaired) electrons. The lowest BCUT2D eigenvalue weighted by Gasteiger charge is -2.12.